The maximum Gasteiger partial charge on any atom is 4.00 e. The predicted octanol–water partition coefficient (Wildman–Crippen LogP) is -4.21. The maximum atomic E-state index is 3.57. The van der Waals surface area contributed by atoms with E-state index in [1.807, 2.05) is 0 Å². The molecule has 5 heteroatoms. The van der Waals surface area contributed by atoms with Crippen LogP contribution in [0.15, 0.2) is 35.0 Å². The average Bonchev–Trinajstić information content (AvgIpc) is 2.71. The topological polar surface area (TPSA) is 0 Å². The molecule has 0 N–H and O–H groups in total. The van der Waals surface area contributed by atoms with Crippen molar-refractivity contribution in [2.24, 2.45) is 0 Å². The van der Waals surface area contributed by atoms with Crippen molar-refractivity contribution in [3.8, 4) is 0 Å². The van der Waals surface area contributed by atoms with E-state index in [4.69, 9.17) is 0 Å². The summed E-state index contributed by atoms with van der Waals surface area (Å²) < 4.78 is 0. The molecule has 0 atom stereocenters. The second-order valence-corrected chi connectivity index (χ2v) is 11.3. The SMILES string of the molecule is Cc1cccc(C)c1CC1=[C-]CC=C1[Si](C)(C)C.[Cl-].[Cl-].[Cl-].[Ti+4]. The normalized spacial score (nSPS) is 12.8. The Hall–Kier alpha value is 0.501. The van der Waals surface area contributed by atoms with E-state index in [1.165, 1.54) is 22.3 Å². The Balaban J connectivity index is -0.000000902. The minimum absolute atomic E-state index is 0. The Labute approximate surface area is 170 Å². The molecular weight excluding hydrogens is 386 g/mol. The summed E-state index contributed by atoms with van der Waals surface area (Å²) in [6.45, 7) is 11.7. The Kier molecular flexibility index (Phi) is 13.8. The summed E-state index contributed by atoms with van der Waals surface area (Å²) in [6.07, 6.45) is 8.05. The van der Waals surface area contributed by atoms with E-state index in [1.54, 1.807) is 5.20 Å². The summed E-state index contributed by atoms with van der Waals surface area (Å²) >= 11 is 0. The molecule has 0 nitrogen and oxygen atoms in total. The number of hydrogen-bond donors (Lipinski definition) is 0. The van der Waals surface area contributed by atoms with Gasteiger partial charge in [0.1, 0.15) is 0 Å². The van der Waals surface area contributed by atoms with Crippen LogP contribution >= 0.6 is 0 Å². The van der Waals surface area contributed by atoms with E-state index in [9.17, 15) is 0 Å². The molecule has 0 saturated heterocycles. The van der Waals surface area contributed by atoms with Crippen molar-refractivity contribution in [1.29, 1.82) is 0 Å². The molecule has 1 aromatic carbocycles. The molecule has 0 amide bonds. The van der Waals surface area contributed by atoms with Crippen LogP contribution in [-0.4, -0.2) is 8.07 Å². The zero-order chi connectivity index (χ0) is 13.3. The molecular formula is C17H23Cl3SiTi. The molecule has 22 heavy (non-hydrogen) atoms. The van der Waals surface area contributed by atoms with Crippen molar-refractivity contribution in [2.75, 3.05) is 0 Å². The van der Waals surface area contributed by atoms with Gasteiger partial charge in [-0.05, 0) is 45.0 Å². The molecule has 0 heterocycles. The zero-order valence-corrected chi connectivity index (χ0v) is 18.7. The zero-order valence-electron chi connectivity index (χ0n) is 13.9. The summed E-state index contributed by atoms with van der Waals surface area (Å²) in [7, 11) is -1.21. The van der Waals surface area contributed by atoms with Gasteiger partial charge >= 0.3 is 21.7 Å². The molecule has 0 fully saturated rings. The molecule has 0 saturated carbocycles. The minimum Gasteiger partial charge on any atom is -1.00 e. The second kappa shape index (κ2) is 11.1. The Bertz CT molecular complexity index is 511. The molecule has 0 spiro atoms. The van der Waals surface area contributed by atoms with Gasteiger partial charge in [-0.3, -0.25) is 6.08 Å². The van der Waals surface area contributed by atoms with E-state index >= 15 is 0 Å². The Morgan fingerprint density at radius 1 is 1.00 bits per heavy atom. The first kappa shape index (κ1) is 27.4. The van der Waals surface area contributed by atoms with Crippen LogP contribution in [0.5, 0.6) is 0 Å². The number of halogens is 3. The second-order valence-electron chi connectivity index (χ2n) is 6.27. The van der Waals surface area contributed by atoms with Gasteiger partial charge in [-0.1, -0.05) is 37.8 Å². The van der Waals surface area contributed by atoms with Crippen LogP contribution in [0.3, 0.4) is 0 Å². The summed E-state index contributed by atoms with van der Waals surface area (Å²) in [5.74, 6) is 0. The molecule has 1 aliphatic rings. The van der Waals surface area contributed by atoms with E-state index < -0.39 is 8.07 Å². The first-order valence-corrected chi connectivity index (χ1v) is 10.3. The van der Waals surface area contributed by atoms with Crippen LogP contribution in [0.4, 0.5) is 0 Å². The van der Waals surface area contributed by atoms with Gasteiger partial charge < -0.3 is 37.2 Å². The third kappa shape index (κ3) is 6.55. The number of hydrogen-bond acceptors (Lipinski definition) is 0. The summed E-state index contributed by atoms with van der Waals surface area (Å²) in [6, 6.07) is 6.58. The van der Waals surface area contributed by atoms with Gasteiger partial charge in [0.25, 0.3) is 0 Å². The van der Waals surface area contributed by atoms with Crippen LogP contribution in [0.25, 0.3) is 0 Å². The third-order valence-electron chi connectivity index (χ3n) is 3.75. The van der Waals surface area contributed by atoms with Crippen molar-refractivity contribution in [2.45, 2.75) is 46.3 Å². The van der Waals surface area contributed by atoms with E-state index in [2.05, 4.69) is 63.8 Å². The monoisotopic (exact) mass is 408 g/mol. The fourth-order valence-electron chi connectivity index (χ4n) is 2.72. The van der Waals surface area contributed by atoms with Crippen molar-refractivity contribution >= 4 is 8.07 Å². The van der Waals surface area contributed by atoms with Gasteiger partial charge in [0.05, 0.1) is 0 Å². The minimum atomic E-state index is -1.21. The molecule has 120 valence electrons. The third-order valence-corrected chi connectivity index (χ3v) is 5.87. The van der Waals surface area contributed by atoms with Crippen molar-refractivity contribution in [3.63, 3.8) is 0 Å². The smallest absolute Gasteiger partial charge is 1.00 e. The average molecular weight is 410 g/mol. The van der Waals surface area contributed by atoms with Crippen molar-refractivity contribution in [3.05, 3.63) is 57.8 Å². The molecule has 0 aliphatic heterocycles. The quantitative estimate of drug-likeness (QED) is 0.351. The fourth-order valence-corrected chi connectivity index (χ4v) is 4.51. The Morgan fingerprint density at radius 3 is 1.95 bits per heavy atom. The number of allylic oxidation sites excluding steroid dienone is 4. The molecule has 1 aliphatic carbocycles. The largest absolute Gasteiger partial charge is 4.00 e. The van der Waals surface area contributed by atoms with E-state index in [0.717, 1.165) is 12.8 Å². The summed E-state index contributed by atoms with van der Waals surface area (Å²) in [5.41, 5.74) is 5.77. The van der Waals surface area contributed by atoms with Crippen molar-refractivity contribution < 1.29 is 58.9 Å². The van der Waals surface area contributed by atoms with Crippen LogP contribution in [0.1, 0.15) is 23.1 Å². The van der Waals surface area contributed by atoms with Crippen molar-refractivity contribution in [1.82, 2.24) is 0 Å². The van der Waals surface area contributed by atoms with Crippen LogP contribution in [0, 0.1) is 19.9 Å². The molecule has 0 aromatic heterocycles. The Morgan fingerprint density at radius 2 is 1.50 bits per heavy atom. The van der Waals surface area contributed by atoms with Gasteiger partial charge in [0.2, 0.25) is 0 Å². The molecule has 0 radical (unpaired) electrons. The molecule has 0 unspecified atom stereocenters. The number of benzene rings is 1. The maximum absolute atomic E-state index is 3.57. The predicted molar refractivity (Wildman–Crippen MR) is 82.4 cm³/mol. The van der Waals surface area contributed by atoms with Gasteiger partial charge in [-0.15, -0.1) is 6.42 Å². The standard InChI is InChI=1S/C17H23Si.3ClH.Ti/c1-13-8-6-9-14(2)16(13)12-15-10-7-11-17(15)18(3,4)5;;;;/h6,8-9,11H,7,12H2,1-5H3;3*1H;/q-1;;;;+4/p-3. The summed E-state index contributed by atoms with van der Waals surface area (Å²) in [5, 5.41) is 1.62. The molecule has 1 aromatic rings. The first-order chi connectivity index (χ1) is 8.39. The first-order valence-electron chi connectivity index (χ1n) is 6.75. The number of aryl methyl sites for hydroxylation is 2. The molecule has 0 bridgehead atoms. The summed E-state index contributed by atoms with van der Waals surface area (Å²) in [4.78, 5) is 0. The van der Waals surface area contributed by atoms with E-state index in [0.29, 0.717) is 0 Å². The van der Waals surface area contributed by atoms with Crippen LogP contribution in [0.2, 0.25) is 19.6 Å². The van der Waals surface area contributed by atoms with Crippen LogP contribution in [-0.2, 0) is 28.1 Å². The number of rotatable bonds is 3. The van der Waals surface area contributed by atoms with Crippen LogP contribution < -0.4 is 37.2 Å². The van der Waals surface area contributed by atoms with Gasteiger partial charge in [0, 0.05) is 0 Å². The van der Waals surface area contributed by atoms with Gasteiger partial charge in [-0.25, -0.2) is 10.8 Å². The van der Waals surface area contributed by atoms with Gasteiger partial charge in [0.15, 0.2) is 0 Å². The fraction of sp³-hybridized carbons (Fsp3) is 0.412. The van der Waals surface area contributed by atoms with Gasteiger partial charge in [-0.2, -0.15) is 6.08 Å². The molecule has 2 rings (SSSR count). The van der Waals surface area contributed by atoms with E-state index in [-0.39, 0.29) is 58.9 Å².